The molecule has 0 aromatic heterocycles. The van der Waals surface area contributed by atoms with Gasteiger partial charge in [-0.1, -0.05) is 0 Å². The Bertz CT molecular complexity index is 275. The van der Waals surface area contributed by atoms with Crippen molar-refractivity contribution >= 4 is 5.97 Å². The van der Waals surface area contributed by atoms with E-state index in [1.807, 2.05) is 13.8 Å². The smallest absolute Gasteiger partial charge is 0.308 e. The zero-order chi connectivity index (χ0) is 14.3. The molecule has 1 saturated carbocycles. The van der Waals surface area contributed by atoms with Gasteiger partial charge in [0.15, 0.2) is 0 Å². The Morgan fingerprint density at radius 3 is 2.63 bits per heavy atom. The molecule has 1 rings (SSSR count). The fraction of sp³-hybridized carbons (Fsp3) is 0.929. The van der Waals surface area contributed by atoms with Crippen molar-refractivity contribution in [1.82, 2.24) is 5.32 Å². The predicted molar refractivity (Wildman–Crippen MR) is 72.9 cm³/mol. The topological polar surface area (TPSA) is 67.8 Å². The van der Waals surface area contributed by atoms with Gasteiger partial charge in [0.25, 0.3) is 0 Å². The minimum Gasteiger partial charge on any atom is -0.466 e. The first kappa shape index (κ1) is 16.4. The highest BCUT2D eigenvalue weighted by molar-refractivity contribution is 5.72. The van der Waals surface area contributed by atoms with Crippen LogP contribution in [0.4, 0.5) is 0 Å². The summed E-state index contributed by atoms with van der Waals surface area (Å²) < 4.78 is 10.1. The zero-order valence-corrected chi connectivity index (χ0v) is 12.3. The third-order valence-corrected chi connectivity index (χ3v) is 3.73. The number of carbonyl (C=O) groups excluding carboxylic acids is 1. The first-order valence-corrected chi connectivity index (χ1v) is 7.12. The number of carbonyl (C=O) groups is 1. The molecule has 0 amide bonds. The molecule has 19 heavy (non-hydrogen) atoms. The van der Waals surface area contributed by atoms with Gasteiger partial charge in [-0.25, -0.2) is 0 Å². The highest BCUT2D eigenvalue weighted by Gasteiger charge is 2.36. The lowest BCUT2D eigenvalue weighted by Gasteiger charge is -2.36. The molecule has 1 aliphatic carbocycles. The van der Waals surface area contributed by atoms with E-state index in [9.17, 15) is 9.90 Å². The molecule has 0 heterocycles. The molecule has 0 aromatic rings. The number of hydrogen-bond donors (Lipinski definition) is 2. The average molecular weight is 273 g/mol. The SMILES string of the molecule is CCOC(=O)C1CCC(O)(CNC(C)COC)CC1. The Labute approximate surface area is 115 Å². The summed E-state index contributed by atoms with van der Waals surface area (Å²) in [6.07, 6.45) is 2.69. The molecule has 5 nitrogen and oxygen atoms in total. The number of esters is 1. The molecule has 0 bridgehead atoms. The molecular weight excluding hydrogens is 246 g/mol. The summed E-state index contributed by atoms with van der Waals surface area (Å²) in [4.78, 5) is 11.6. The van der Waals surface area contributed by atoms with Crippen molar-refractivity contribution in [3.05, 3.63) is 0 Å². The highest BCUT2D eigenvalue weighted by Crippen LogP contribution is 2.32. The largest absolute Gasteiger partial charge is 0.466 e. The lowest BCUT2D eigenvalue weighted by Crippen LogP contribution is -2.47. The summed E-state index contributed by atoms with van der Waals surface area (Å²) >= 11 is 0. The second-order valence-corrected chi connectivity index (χ2v) is 5.49. The Balaban J connectivity index is 2.32. The van der Waals surface area contributed by atoms with Gasteiger partial charge >= 0.3 is 5.97 Å². The lowest BCUT2D eigenvalue weighted by molar-refractivity contribution is -0.151. The van der Waals surface area contributed by atoms with Crippen LogP contribution in [0.1, 0.15) is 39.5 Å². The van der Waals surface area contributed by atoms with Crippen molar-refractivity contribution in [2.75, 3.05) is 26.9 Å². The highest BCUT2D eigenvalue weighted by atomic mass is 16.5. The third-order valence-electron chi connectivity index (χ3n) is 3.73. The number of methoxy groups -OCH3 is 1. The molecule has 1 atom stereocenters. The van der Waals surface area contributed by atoms with Crippen LogP contribution in [-0.2, 0) is 14.3 Å². The molecule has 1 unspecified atom stereocenters. The van der Waals surface area contributed by atoms with Gasteiger partial charge in [0.1, 0.15) is 0 Å². The normalized spacial score (nSPS) is 28.9. The van der Waals surface area contributed by atoms with E-state index in [4.69, 9.17) is 9.47 Å². The monoisotopic (exact) mass is 273 g/mol. The minimum atomic E-state index is -0.703. The van der Waals surface area contributed by atoms with Gasteiger partial charge in [-0.05, 0) is 39.5 Å². The number of ether oxygens (including phenoxy) is 2. The van der Waals surface area contributed by atoms with E-state index in [-0.39, 0.29) is 17.9 Å². The molecule has 1 fully saturated rings. The minimum absolute atomic E-state index is 0.0448. The van der Waals surface area contributed by atoms with Gasteiger partial charge in [-0.15, -0.1) is 0 Å². The van der Waals surface area contributed by atoms with Gasteiger partial charge in [0.2, 0.25) is 0 Å². The molecule has 0 spiro atoms. The second-order valence-electron chi connectivity index (χ2n) is 5.49. The lowest BCUT2D eigenvalue weighted by atomic mass is 9.78. The Morgan fingerprint density at radius 2 is 2.11 bits per heavy atom. The quantitative estimate of drug-likeness (QED) is 0.680. The van der Waals surface area contributed by atoms with Gasteiger partial charge in [-0.3, -0.25) is 4.79 Å². The molecule has 1 aliphatic rings. The second kappa shape index (κ2) is 7.82. The van der Waals surface area contributed by atoms with E-state index in [1.165, 1.54) is 0 Å². The van der Waals surface area contributed by atoms with Gasteiger partial charge < -0.3 is 19.9 Å². The first-order valence-electron chi connectivity index (χ1n) is 7.12. The van der Waals surface area contributed by atoms with E-state index < -0.39 is 5.60 Å². The van der Waals surface area contributed by atoms with Crippen molar-refractivity contribution < 1.29 is 19.4 Å². The fourth-order valence-electron chi connectivity index (χ4n) is 2.50. The molecule has 2 N–H and O–H groups in total. The Hall–Kier alpha value is -0.650. The predicted octanol–water partition coefficient (Wildman–Crippen LogP) is 1.10. The van der Waals surface area contributed by atoms with Crippen molar-refractivity contribution in [3.63, 3.8) is 0 Å². The van der Waals surface area contributed by atoms with Gasteiger partial charge in [0, 0.05) is 19.7 Å². The maximum atomic E-state index is 11.6. The third kappa shape index (κ3) is 5.47. The van der Waals surface area contributed by atoms with Crippen LogP contribution < -0.4 is 5.32 Å². The van der Waals surface area contributed by atoms with Crippen molar-refractivity contribution in [2.24, 2.45) is 5.92 Å². The van der Waals surface area contributed by atoms with E-state index in [0.29, 0.717) is 45.4 Å². The molecule has 0 saturated heterocycles. The van der Waals surface area contributed by atoms with Gasteiger partial charge in [0.05, 0.1) is 24.7 Å². The van der Waals surface area contributed by atoms with E-state index >= 15 is 0 Å². The molecule has 0 aliphatic heterocycles. The molecule has 0 radical (unpaired) electrons. The van der Waals surface area contributed by atoms with Crippen LogP contribution in [0.25, 0.3) is 0 Å². The van der Waals surface area contributed by atoms with Crippen LogP contribution in [0.3, 0.4) is 0 Å². The van der Waals surface area contributed by atoms with Crippen LogP contribution in [0, 0.1) is 5.92 Å². The summed E-state index contributed by atoms with van der Waals surface area (Å²) in [7, 11) is 1.66. The number of aliphatic hydroxyl groups is 1. The maximum absolute atomic E-state index is 11.6. The van der Waals surface area contributed by atoms with Crippen molar-refractivity contribution in [3.8, 4) is 0 Å². The zero-order valence-electron chi connectivity index (χ0n) is 12.3. The summed E-state index contributed by atoms with van der Waals surface area (Å²) in [5.41, 5.74) is -0.703. The van der Waals surface area contributed by atoms with E-state index in [2.05, 4.69) is 5.32 Å². The molecular formula is C14H27NO4. The first-order chi connectivity index (χ1) is 9.00. The van der Waals surface area contributed by atoms with Crippen molar-refractivity contribution in [1.29, 1.82) is 0 Å². The molecule has 5 heteroatoms. The van der Waals surface area contributed by atoms with Crippen LogP contribution in [0.5, 0.6) is 0 Å². The van der Waals surface area contributed by atoms with Crippen LogP contribution in [0.2, 0.25) is 0 Å². The fourth-order valence-corrected chi connectivity index (χ4v) is 2.50. The number of rotatable bonds is 7. The Kier molecular flexibility index (Phi) is 6.75. The summed E-state index contributed by atoms with van der Waals surface area (Å²) in [6, 6.07) is 0.219. The molecule has 0 aromatic carbocycles. The van der Waals surface area contributed by atoms with E-state index in [1.54, 1.807) is 7.11 Å². The van der Waals surface area contributed by atoms with Crippen LogP contribution in [-0.4, -0.2) is 49.6 Å². The average Bonchev–Trinajstić information content (AvgIpc) is 2.38. The molecule has 112 valence electrons. The number of hydrogen-bond acceptors (Lipinski definition) is 5. The van der Waals surface area contributed by atoms with Crippen LogP contribution >= 0.6 is 0 Å². The summed E-state index contributed by atoms with van der Waals surface area (Å²) in [5.74, 6) is -0.165. The van der Waals surface area contributed by atoms with Crippen molar-refractivity contribution in [2.45, 2.75) is 51.2 Å². The number of nitrogens with one attached hydrogen (secondary N) is 1. The standard InChI is InChI=1S/C14H27NO4/c1-4-19-13(16)12-5-7-14(17,8-6-12)10-15-11(2)9-18-3/h11-12,15,17H,4-10H2,1-3H3. The van der Waals surface area contributed by atoms with Crippen LogP contribution in [0.15, 0.2) is 0 Å². The van der Waals surface area contributed by atoms with E-state index in [0.717, 1.165) is 0 Å². The van der Waals surface area contributed by atoms with Gasteiger partial charge in [-0.2, -0.15) is 0 Å². The Morgan fingerprint density at radius 1 is 1.47 bits per heavy atom. The maximum Gasteiger partial charge on any atom is 0.308 e. The summed E-state index contributed by atoms with van der Waals surface area (Å²) in [5, 5.41) is 13.7. The summed E-state index contributed by atoms with van der Waals surface area (Å²) in [6.45, 7) is 5.44.